The molecule has 0 aliphatic rings. The van der Waals surface area contributed by atoms with Crippen LogP contribution in [0, 0.1) is 6.92 Å². The Hall–Kier alpha value is -2.93. The van der Waals surface area contributed by atoms with Crippen molar-refractivity contribution in [3.05, 3.63) is 58.9 Å². The minimum atomic E-state index is -1.01. The number of amides is 2. The Morgan fingerprint density at radius 3 is 2.63 bits per heavy atom. The number of aromatic nitrogens is 1. The SMILES string of the molecule is Cc1ccccc1C(=O)NCCC(=O)OC(C)C(=O)Nc1cccnc1Cl. The van der Waals surface area contributed by atoms with Gasteiger partial charge in [0.1, 0.15) is 0 Å². The van der Waals surface area contributed by atoms with E-state index in [4.69, 9.17) is 16.3 Å². The number of pyridine rings is 1. The highest BCUT2D eigenvalue weighted by Gasteiger charge is 2.19. The molecule has 0 saturated carbocycles. The van der Waals surface area contributed by atoms with Gasteiger partial charge in [-0.15, -0.1) is 0 Å². The Labute approximate surface area is 162 Å². The number of hydrogen-bond donors (Lipinski definition) is 2. The van der Waals surface area contributed by atoms with Crippen LogP contribution in [0.1, 0.15) is 29.3 Å². The number of carbonyl (C=O) groups is 3. The van der Waals surface area contributed by atoms with E-state index in [-0.39, 0.29) is 24.0 Å². The van der Waals surface area contributed by atoms with E-state index in [1.165, 1.54) is 13.1 Å². The zero-order valence-electron chi connectivity index (χ0n) is 15.0. The maximum absolute atomic E-state index is 12.1. The quantitative estimate of drug-likeness (QED) is 0.560. The maximum Gasteiger partial charge on any atom is 0.308 e. The van der Waals surface area contributed by atoms with Gasteiger partial charge >= 0.3 is 5.97 Å². The number of rotatable bonds is 7. The monoisotopic (exact) mass is 389 g/mol. The molecule has 2 N–H and O–H groups in total. The van der Waals surface area contributed by atoms with Gasteiger partial charge in [0.05, 0.1) is 12.1 Å². The zero-order chi connectivity index (χ0) is 19.8. The van der Waals surface area contributed by atoms with Gasteiger partial charge in [0.2, 0.25) is 0 Å². The highest BCUT2D eigenvalue weighted by atomic mass is 35.5. The van der Waals surface area contributed by atoms with Crippen molar-refractivity contribution in [1.29, 1.82) is 0 Å². The molecular formula is C19H20ClN3O4. The van der Waals surface area contributed by atoms with Crippen LogP contribution in [-0.2, 0) is 14.3 Å². The van der Waals surface area contributed by atoms with Gasteiger partial charge in [-0.05, 0) is 37.6 Å². The highest BCUT2D eigenvalue weighted by molar-refractivity contribution is 6.32. The van der Waals surface area contributed by atoms with Crippen molar-refractivity contribution < 1.29 is 19.1 Å². The normalized spacial score (nSPS) is 11.4. The molecule has 1 heterocycles. The lowest BCUT2D eigenvalue weighted by Gasteiger charge is -2.14. The Morgan fingerprint density at radius 1 is 1.19 bits per heavy atom. The van der Waals surface area contributed by atoms with E-state index in [0.29, 0.717) is 11.3 Å². The third kappa shape index (κ3) is 6.07. The number of anilines is 1. The van der Waals surface area contributed by atoms with Gasteiger partial charge in [-0.3, -0.25) is 14.4 Å². The molecule has 1 aromatic heterocycles. The van der Waals surface area contributed by atoms with Crippen LogP contribution in [0.25, 0.3) is 0 Å². The van der Waals surface area contributed by atoms with Crippen molar-refractivity contribution in [2.45, 2.75) is 26.4 Å². The molecule has 0 spiro atoms. The lowest BCUT2D eigenvalue weighted by atomic mass is 10.1. The summed E-state index contributed by atoms with van der Waals surface area (Å²) in [6.07, 6.45) is 0.427. The van der Waals surface area contributed by atoms with E-state index in [9.17, 15) is 14.4 Å². The highest BCUT2D eigenvalue weighted by Crippen LogP contribution is 2.17. The van der Waals surface area contributed by atoms with E-state index < -0.39 is 18.0 Å². The van der Waals surface area contributed by atoms with E-state index >= 15 is 0 Å². The standard InChI is InChI=1S/C19H20ClN3O4/c1-12-6-3-4-7-14(12)19(26)22-11-9-16(24)27-13(2)18(25)23-15-8-5-10-21-17(15)20/h3-8,10,13H,9,11H2,1-2H3,(H,22,26)(H,23,25). The van der Waals surface area contributed by atoms with Gasteiger partial charge < -0.3 is 15.4 Å². The second-order valence-electron chi connectivity index (χ2n) is 5.78. The number of halogens is 1. The third-order valence-electron chi connectivity index (χ3n) is 3.70. The smallest absolute Gasteiger partial charge is 0.308 e. The third-order valence-corrected chi connectivity index (χ3v) is 4.00. The molecule has 142 valence electrons. The molecule has 7 nitrogen and oxygen atoms in total. The number of esters is 1. The molecule has 0 aliphatic heterocycles. The van der Waals surface area contributed by atoms with Crippen LogP contribution in [0.4, 0.5) is 5.69 Å². The van der Waals surface area contributed by atoms with Crippen molar-refractivity contribution in [3.8, 4) is 0 Å². The molecule has 2 rings (SSSR count). The minimum Gasteiger partial charge on any atom is -0.452 e. The average molecular weight is 390 g/mol. The van der Waals surface area contributed by atoms with Gasteiger partial charge in [-0.2, -0.15) is 0 Å². The molecule has 2 amide bonds. The molecule has 0 fully saturated rings. The van der Waals surface area contributed by atoms with Crippen LogP contribution in [0.3, 0.4) is 0 Å². The van der Waals surface area contributed by atoms with Gasteiger partial charge in [0, 0.05) is 18.3 Å². The Morgan fingerprint density at radius 2 is 1.93 bits per heavy atom. The first-order chi connectivity index (χ1) is 12.9. The molecule has 2 aromatic rings. The van der Waals surface area contributed by atoms with Crippen LogP contribution in [0.15, 0.2) is 42.6 Å². The summed E-state index contributed by atoms with van der Waals surface area (Å²) in [5, 5.41) is 5.33. The minimum absolute atomic E-state index is 0.0527. The fraction of sp³-hybridized carbons (Fsp3) is 0.263. The second kappa shape index (κ2) is 9.68. The lowest BCUT2D eigenvalue weighted by molar-refractivity contribution is -0.153. The Balaban J connectivity index is 1.76. The first-order valence-electron chi connectivity index (χ1n) is 8.33. The van der Waals surface area contributed by atoms with E-state index in [2.05, 4.69) is 15.6 Å². The van der Waals surface area contributed by atoms with Gasteiger partial charge in [0.15, 0.2) is 11.3 Å². The number of nitrogens with one attached hydrogen (secondary N) is 2. The molecule has 0 bridgehead atoms. The number of nitrogens with zero attached hydrogens (tertiary/aromatic N) is 1. The van der Waals surface area contributed by atoms with E-state index in [1.54, 1.807) is 24.3 Å². The molecule has 0 saturated heterocycles. The summed E-state index contributed by atoms with van der Waals surface area (Å²) in [6.45, 7) is 3.39. The fourth-order valence-electron chi connectivity index (χ4n) is 2.22. The summed E-state index contributed by atoms with van der Waals surface area (Å²) in [5.41, 5.74) is 1.72. The predicted octanol–water partition coefficient (Wildman–Crippen LogP) is 2.73. The first-order valence-corrected chi connectivity index (χ1v) is 8.71. The molecular weight excluding hydrogens is 370 g/mol. The maximum atomic E-state index is 12.1. The van der Waals surface area contributed by atoms with Gasteiger partial charge in [-0.1, -0.05) is 29.8 Å². The largest absolute Gasteiger partial charge is 0.452 e. The van der Waals surface area contributed by atoms with Gasteiger partial charge in [0.25, 0.3) is 11.8 Å². The zero-order valence-corrected chi connectivity index (χ0v) is 15.7. The Kier molecular flexibility index (Phi) is 7.31. The number of hydrogen-bond acceptors (Lipinski definition) is 5. The summed E-state index contributed by atoms with van der Waals surface area (Å²) in [4.78, 5) is 39.8. The summed E-state index contributed by atoms with van der Waals surface area (Å²) in [7, 11) is 0. The molecule has 1 atom stereocenters. The second-order valence-corrected chi connectivity index (χ2v) is 6.14. The van der Waals surface area contributed by atoms with Crippen LogP contribution in [-0.4, -0.2) is 35.4 Å². The summed E-state index contributed by atoms with van der Waals surface area (Å²) in [5.74, 6) is -1.39. The number of benzene rings is 1. The van der Waals surface area contributed by atoms with Crippen molar-refractivity contribution >= 4 is 35.1 Å². The molecule has 1 unspecified atom stereocenters. The Bertz CT molecular complexity index is 841. The fourth-order valence-corrected chi connectivity index (χ4v) is 2.39. The van der Waals surface area contributed by atoms with Crippen molar-refractivity contribution in [2.24, 2.45) is 0 Å². The number of aryl methyl sites for hydroxylation is 1. The van der Waals surface area contributed by atoms with Gasteiger partial charge in [-0.25, -0.2) is 4.98 Å². The first kappa shape index (κ1) is 20.4. The van der Waals surface area contributed by atoms with Crippen molar-refractivity contribution in [1.82, 2.24) is 10.3 Å². The van der Waals surface area contributed by atoms with Crippen LogP contribution in [0.5, 0.6) is 0 Å². The number of ether oxygens (including phenoxy) is 1. The topological polar surface area (TPSA) is 97.4 Å². The van der Waals surface area contributed by atoms with Crippen LogP contribution >= 0.6 is 11.6 Å². The average Bonchev–Trinajstić information content (AvgIpc) is 2.63. The van der Waals surface area contributed by atoms with Crippen LogP contribution < -0.4 is 10.6 Å². The van der Waals surface area contributed by atoms with Crippen LogP contribution in [0.2, 0.25) is 5.15 Å². The molecule has 27 heavy (non-hydrogen) atoms. The lowest BCUT2D eigenvalue weighted by Crippen LogP contribution is -2.32. The molecule has 1 aromatic carbocycles. The summed E-state index contributed by atoms with van der Waals surface area (Å²) >= 11 is 5.86. The molecule has 8 heteroatoms. The number of carbonyl (C=O) groups excluding carboxylic acids is 3. The van der Waals surface area contributed by atoms with Crippen molar-refractivity contribution in [3.63, 3.8) is 0 Å². The van der Waals surface area contributed by atoms with E-state index in [0.717, 1.165) is 5.56 Å². The molecule has 0 aliphatic carbocycles. The van der Waals surface area contributed by atoms with Crippen molar-refractivity contribution in [2.75, 3.05) is 11.9 Å². The summed E-state index contributed by atoms with van der Waals surface area (Å²) in [6, 6.07) is 10.4. The molecule has 0 radical (unpaired) electrons. The summed E-state index contributed by atoms with van der Waals surface area (Å²) < 4.78 is 5.07. The predicted molar refractivity (Wildman–Crippen MR) is 102 cm³/mol. The van der Waals surface area contributed by atoms with E-state index in [1.807, 2.05) is 19.1 Å².